The summed E-state index contributed by atoms with van der Waals surface area (Å²) < 4.78 is 78.4. The fraction of sp³-hybridized carbons (Fsp3) is 0.357. The van der Waals surface area contributed by atoms with Crippen LogP contribution >= 0.6 is 11.6 Å². The second kappa shape index (κ2) is 12.3. The number of hydrogen-bond donors (Lipinski definition) is 0. The monoisotopic (exact) mass is 582 g/mol. The van der Waals surface area contributed by atoms with Crippen molar-refractivity contribution in [3.05, 3.63) is 94.0 Å². The van der Waals surface area contributed by atoms with Crippen molar-refractivity contribution in [2.24, 2.45) is 0 Å². The van der Waals surface area contributed by atoms with Crippen molar-refractivity contribution in [2.45, 2.75) is 30.7 Å². The van der Waals surface area contributed by atoms with E-state index in [9.17, 15) is 21.6 Å². The largest absolute Gasteiger partial charge is 0.495 e. The minimum absolute atomic E-state index is 0.118. The van der Waals surface area contributed by atoms with Crippen molar-refractivity contribution >= 4 is 21.6 Å². The van der Waals surface area contributed by atoms with Gasteiger partial charge >= 0.3 is 6.18 Å². The van der Waals surface area contributed by atoms with Crippen LogP contribution in [0.15, 0.2) is 71.6 Å². The molecule has 1 heterocycles. The Morgan fingerprint density at radius 1 is 0.949 bits per heavy atom. The van der Waals surface area contributed by atoms with E-state index in [0.29, 0.717) is 49.1 Å². The van der Waals surface area contributed by atoms with E-state index >= 15 is 0 Å². The predicted molar refractivity (Wildman–Crippen MR) is 143 cm³/mol. The first-order valence-corrected chi connectivity index (χ1v) is 14.2. The molecular weight excluding hydrogens is 553 g/mol. The highest BCUT2D eigenvalue weighted by Crippen LogP contribution is 2.31. The number of aryl methyl sites for hydroxylation is 1. The van der Waals surface area contributed by atoms with Gasteiger partial charge in [-0.3, -0.25) is 4.90 Å². The van der Waals surface area contributed by atoms with Crippen LogP contribution in [-0.2, 0) is 27.5 Å². The molecule has 39 heavy (non-hydrogen) atoms. The second-order valence-corrected chi connectivity index (χ2v) is 11.7. The average Bonchev–Trinajstić information content (AvgIpc) is 2.91. The average molecular weight is 583 g/mol. The van der Waals surface area contributed by atoms with Crippen molar-refractivity contribution in [1.29, 1.82) is 0 Å². The minimum Gasteiger partial charge on any atom is -0.495 e. The number of piperazine rings is 1. The van der Waals surface area contributed by atoms with Crippen molar-refractivity contribution < 1.29 is 31.1 Å². The zero-order chi connectivity index (χ0) is 28.2. The van der Waals surface area contributed by atoms with Crippen LogP contribution in [0.25, 0.3) is 0 Å². The molecule has 1 saturated heterocycles. The summed E-state index contributed by atoms with van der Waals surface area (Å²) in [5.41, 5.74) is 1.59. The topological polar surface area (TPSA) is 59.1 Å². The van der Waals surface area contributed by atoms with E-state index in [1.807, 2.05) is 19.1 Å². The van der Waals surface area contributed by atoms with Crippen LogP contribution < -0.4 is 4.74 Å². The molecule has 1 aliphatic heterocycles. The molecule has 0 aliphatic carbocycles. The third-order valence-electron chi connectivity index (χ3n) is 6.67. The molecule has 0 unspecified atom stereocenters. The van der Waals surface area contributed by atoms with E-state index in [2.05, 4.69) is 4.90 Å². The first-order chi connectivity index (χ1) is 18.5. The molecule has 0 spiro atoms. The Labute approximate surface area is 231 Å². The van der Waals surface area contributed by atoms with Gasteiger partial charge in [0.2, 0.25) is 10.0 Å². The van der Waals surface area contributed by atoms with Gasteiger partial charge in [-0.1, -0.05) is 41.9 Å². The van der Waals surface area contributed by atoms with Gasteiger partial charge in [0.15, 0.2) is 0 Å². The van der Waals surface area contributed by atoms with Gasteiger partial charge in [0.25, 0.3) is 0 Å². The molecule has 1 fully saturated rings. The summed E-state index contributed by atoms with van der Waals surface area (Å²) in [5.74, 6) is 0.308. The molecule has 0 amide bonds. The number of nitrogens with zero attached hydrogens (tertiary/aromatic N) is 2. The lowest BCUT2D eigenvalue weighted by molar-refractivity contribution is -0.137. The fourth-order valence-electron chi connectivity index (χ4n) is 4.43. The Bertz CT molecular complexity index is 1360. The third kappa shape index (κ3) is 7.32. The van der Waals surface area contributed by atoms with Crippen LogP contribution in [0.2, 0.25) is 5.02 Å². The van der Waals surface area contributed by atoms with Gasteiger partial charge in [0.05, 0.1) is 25.4 Å². The molecule has 1 aliphatic rings. The first-order valence-electron chi connectivity index (χ1n) is 12.4. The van der Waals surface area contributed by atoms with Crippen molar-refractivity contribution in [3.8, 4) is 5.75 Å². The SMILES string of the molecule is COc1ccc(C)cc1S(=O)(=O)N1CCN(C[C@H](OCc2ccc(C(F)(F)F)cc2)c2ccc(Cl)cc2)CC1. The van der Waals surface area contributed by atoms with E-state index in [-0.39, 0.29) is 11.5 Å². The second-order valence-electron chi connectivity index (χ2n) is 9.40. The van der Waals surface area contributed by atoms with E-state index in [1.165, 1.54) is 23.5 Å². The van der Waals surface area contributed by atoms with Gasteiger partial charge in [-0.05, 0) is 60.0 Å². The molecule has 3 aromatic rings. The van der Waals surface area contributed by atoms with Crippen LogP contribution in [-0.4, -0.2) is 57.5 Å². The Kier molecular flexibility index (Phi) is 9.23. The maximum Gasteiger partial charge on any atom is 0.416 e. The molecule has 6 nitrogen and oxygen atoms in total. The standard InChI is InChI=1S/C28H30ClF3N2O4S/c1-20-3-12-25(37-2)27(17-20)39(35,36)34-15-13-33(14-16-34)18-26(22-6-10-24(29)11-7-22)38-19-21-4-8-23(9-5-21)28(30,31)32/h3-12,17,26H,13-16,18-19H2,1-2H3/t26-/m0/s1. The number of rotatable bonds is 9. The molecule has 0 radical (unpaired) electrons. The molecule has 0 aromatic heterocycles. The summed E-state index contributed by atoms with van der Waals surface area (Å²) in [4.78, 5) is 2.27. The van der Waals surface area contributed by atoms with Gasteiger partial charge in [-0.2, -0.15) is 17.5 Å². The van der Waals surface area contributed by atoms with Crippen LogP contribution in [0.4, 0.5) is 13.2 Å². The molecule has 1 atom stereocenters. The number of methoxy groups -OCH3 is 1. The highest BCUT2D eigenvalue weighted by molar-refractivity contribution is 7.89. The van der Waals surface area contributed by atoms with Crippen LogP contribution in [0.5, 0.6) is 5.75 Å². The van der Waals surface area contributed by atoms with Crippen molar-refractivity contribution in [3.63, 3.8) is 0 Å². The quantitative estimate of drug-likeness (QED) is 0.313. The Morgan fingerprint density at radius 2 is 1.59 bits per heavy atom. The van der Waals surface area contributed by atoms with E-state index in [1.54, 1.807) is 30.3 Å². The fourth-order valence-corrected chi connectivity index (χ4v) is 6.22. The zero-order valence-electron chi connectivity index (χ0n) is 21.6. The van der Waals surface area contributed by atoms with Crippen molar-refractivity contribution in [1.82, 2.24) is 9.21 Å². The smallest absolute Gasteiger partial charge is 0.416 e. The van der Waals surface area contributed by atoms with Crippen LogP contribution in [0, 0.1) is 6.92 Å². The lowest BCUT2D eigenvalue weighted by Crippen LogP contribution is -2.49. The summed E-state index contributed by atoms with van der Waals surface area (Å²) in [6.07, 6.45) is -4.80. The number of benzene rings is 3. The summed E-state index contributed by atoms with van der Waals surface area (Å²) in [5, 5.41) is 0.575. The number of alkyl halides is 3. The highest BCUT2D eigenvalue weighted by Gasteiger charge is 2.32. The van der Waals surface area contributed by atoms with Gasteiger partial charge < -0.3 is 9.47 Å². The van der Waals surface area contributed by atoms with Crippen molar-refractivity contribution in [2.75, 3.05) is 39.8 Å². The molecule has 0 saturated carbocycles. The van der Waals surface area contributed by atoms with Gasteiger partial charge in [-0.25, -0.2) is 8.42 Å². The third-order valence-corrected chi connectivity index (χ3v) is 8.84. The lowest BCUT2D eigenvalue weighted by Gasteiger charge is -2.36. The Balaban J connectivity index is 1.43. The first kappa shape index (κ1) is 29.4. The number of ether oxygens (including phenoxy) is 2. The zero-order valence-corrected chi connectivity index (χ0v) is 23.2. The predicted octanol–water partition coefficient (Wildman–Crippen LogP) is 5.94. The minimum atomic E-state index is -4.40. The maximum atomic E-state index is 13.4. The maximum absolute atomic E-state index is 13.4. The summed E-state index contributed by atoms with van der Waals surface area (Å²) in [6, 6.07) is 17.2. The number of sulfonamides is 1. The van der Waals surface area contributed by atoms with Crippen LogP contribution in [0.1, 0.15) is 28.4 Å². The highest BCUT2D eigenvalue weighted by atomic mass is 35.5. The van der Waals surface area contributed by atoms with Gasteiger partial charge in [0, 0.05) is 37.7 Å². The lowest BCUT2D eigenvalue weighted by atomic mass is 10.1. The van der Waals surface area contributed by atoms with E-state index < -0.39 is 27.9 Å². The summed E-state index contributed by atoms with van der Waals surface area (Å²) in [6.45, 7) is 3.99. The van der Waals surface area contributed by atoms with Gasteiger partial charge in [-0.15, -0.1) is 0 Å². The number of halogens is 4. The summed E-state index contributed by atoms with van der Waals surface area (Å²) in [7, 11) is -2.29. The molecule has 210 valence electrons. The Morgan fingerprint density at radius 3 is 2.18 bits per heavy atom. The summed E-state index contributed by atoms with van der Waals surface area (Å²) >= 11 is 6.06. The van der Waals surface area contributed by atoms with E-state index in [4.69, 9.17) is 21.1 Å². The number of hydrogen-bond acceptors (Lipinski definition) is 5. The Hall–Kier alpha value is -2.63. The van der Waals surface area contributed by atoms with Gasteiger partial charge in [0.1, 0.15) is 10.6 Å². The molecule has 0 N–H and O–H groups in total. The van der Waals surface area contributed by atoms with E-state index in [0.717, 1.165) is 23.3 Å². The molecule has 3 aromatic carbocycles. The van der Waals surface area contributed by atoms with Crippen LogP contribution in [0.3, 0.4) is 0 Å². The molecule has 0 bridgehead atoms. The molecular formula is C28H30ClF3N2O4S. The normalized spacial score (nSPS) is 16.3. The molecule has 4 rings (SSSR count). The molecule has 11 heteroatoms.